The van der Waals surface area contributed by atoms with Crippen molar-refractivity contribution in [3.8, 4) is 17.1 Å². The maximum absolute atomic E-state index is 13.4. The molecule has 0 bridgehead atoms. The molecule has 1 fully saturated rings. The van der Waals surface area contributed by atoms with Gasteiger partial charge in [-0.05, 0) is 70.8 Å². The molecule has 0 atom stereocenters. The number of nitrogens with one attached hydrogen (secondary N) is 3. The summed E-state index contributed by atoms with van der Waals surface area (Å²) in [5.74, 6) is 0.458. The van der Waals surface area contributed by atoms with E-state index < -0.39 is 17.8 Å². The Balaban J connectivity index is 1.64. The maximum atomic E-state index is 13.4. The number of urea groups is 1. The normalized spacial score (nSPS) is 14.8. The number of rotatable bonds is 10. The standard InChI is InChI=1S/C27H33F3N6O3/c1-5-39-23-14-21(15-32-25(23)37)24-31-16-22(19(4)34-24)35-26(38)33-17(2)8-9-20(18(3)27(28,29)30)10-13-36-11-6-7-12-36/h8-9,14-16H,2,5-7,10-13H2,1,3-4H3,(H,32,37)(H2,33,35,38)/b9-8-,20-18-. The van der Waals surface area contributed by atoms with Crippen LogP contribution in [0.4, 0.5) is 23.7 Å². The molecule has 3 N–H and O–H groups in total. The monoisotopic (exact) mass is 546 g/mol. The highest BCUT2D eigenvalue weighted by Crippen LogP contribution is 2.30. The van der Waals surface area contributed by atoms with E-state index in [2.05, 4.69) is 37.1 Å². The second-order valence-corrected chi connectivity index (χ2v) is 9.09. The summed E-state index contributed by atoms with van der Waals surface area (Å²) in [4.78, 5) is 37.7. The first-order valence-corrected chi connectivity index (χ1v) is 12.6. The summed E-state index contributed by atoms with van der Waals surface area (Å²) >= 11 is 0. The van der Waals surface area contributed by atoms with Crippen LogP contribution in [-0.2, 0) is 0 Å². The molecule has 0 saturated carbocycles. The van der Waals surface area contributed by atoms with E-state index in [1.165, 1.54) is 30.6 Å². The van der Waals surface area contributed by atoms with Crippen LogP contribution in [0.15, 0.2) is 58.8 Å². The van der Waals surface area contributed by atoms with Crippen molar-refractivity contribution in [1.29, 1.82) is 0 Å². The maximum Gasteiger partial charge on any atom is 0.412 e. The molecule has 2 aromatic rings. The van der Waals surface area contributed by atoms with Crippen LogP contribution >= 0.6 is 0 Å². The summed E-state index contributed by atoms with van der Waals surface area (Å²) in [6, 6.07) is 0.878. The van der Waals surface area contributed by atoms with Crippen LogP contribution in [-0.4, -0.2) is 58.3 Å². The predicted molar refractivity (Wildman–Crippen MR) is 143 cm³/mol. The van der Waals surface area contributed by atoms with Crippen LogP contribution in [0.3, 0.4) is 0 Å². The number of ether oxygens (including phenoxy) is 1. The number of aryl methyl sites for hydroxylation is 1. The number of H-pyrrole nitrogens is 1. The van der Waals surface area contributed by atoms with Crippen LogP contribution in [0.1, 0.15) is 38.8 Å². The number of aromatic amines is 1. The Kier molecular flexibility index (Phi) is 10.0. The number of anilines is 1. The van der Waals surface area contributed by atoms with Gasteiger partial charge in [-0.1, -0.05) is 12.7 Å². The minimum Gasteiger partial charge on any atom is -0.488 e. The summed E-state index contributed by atoms with van der Waals surface area (Å²) in [5.41, 5.74) is 0.525. The summed E-state index contributed by atoms with van der Waals surface area (Å²) in [5, 5.41) is 5.11. The van der Waals surface area contributed by atoms with Crippen molar-refractivity contribution in [2.45, 2.75) is 46.2 Å². The number of likely N-dealkylation sites (tertiary alicyclic amines) is 1. The third kappa shape index (κ3) is 8.54. The van der Waals surface area contributed by atoms with Gasteiger partial charge in [0.25, 0.3) is 5.56 Å². The van der Waals surface area contributed by atoms with Gasteiger partial charge in [-0.25, -0.2) is 14.8 Å². The Morgan fingerprint density at radius 3 is 2.64 bits per heavy atom. The van der Waals surface area contributed by atoms with E-state index in [-0.39, 0.29) is 29.0 Å². The lowest BCUT2D eigenvalue weighted by molar-refractivity contribution is -0.0921. The van der Waals surface area contributed by atoms with E-state index in [9.17, 15) is 22.8 Å². The molecule has 210 valence electrons. The van der Waals surface area contributed by atoms with Gasteiger partial charge < -0.3 is 25.3 Å². The molecule has 9 nitrogen and oxygen atoms in total. The number of alkyl halides is 3. The average Bonchev–Trinajstić information content (AvgIpc) is 3.39. The predicted octanol–water partition coefficient (Wildman–Crippen LogP) is 5.10. The van der Waals surface area contributed by atoms with Gasteiger partial charge in [0, 0.05) is 29.6 Å². The first-order valence-electron chi connectivity index (χ1n) is 12.6. The summed E-state index contributed by atoms with van der Waals surface area (Å²) in [7, 11) is 0. The number of allylic oxidation sites excluding steroid dienone is 3. The third-order valence-electron chi connectivity index (χ3n) is 6.22. The highest BCUT2D eigenvalue weighted by molar-refractivity contribution is 5.91. The molecular formula is C27H33F3N6O3. The molecule has 1 saturated heterocycles. The van der Waals surface area contributed by atoms with Crippen LogP contribution in [0.2, 0.25) is 0 Å². The van der Waals surface area contributed by atoms with Crippen LogP contribution < -0.4 is 20.9 Å². The van der Waals surface area contributed by atoms with Gasteiger partial charge >= 0.3 is 12.2 Å². The fourth-order valence-electron chi connectivity index (χ4n) is 3.99. The number of halogens is 3. The van der Waals surface area contributed by atoms with E-state index >= 15 is 0 Å². The fourth-order valence-corrected chi connectivity index (χ4v) is 3.99. The minimum atomic E-state index is -4.44. The Morgan fingerprint density at radius 2 is 2.00 bits per heavy atom. The Labute approximate surface area is 224 Å². The van der Waals surface area contributed by atoms with E-state index in [4.69, 9.17) is 4.74 Å². The molecule has 0 aromatic carbocycles. The molecule has 12 heteroatoms. The number of pyridine rings is 1. The lowest BCUT2D eigenvalue weighted by Crippen LogP contribution is -2.27. The lowest BCUT2D eigenvalue weighted by atomic mass is 10.0. The molecule has 2 amide bonds. The molecule has 0 aliphatic carbocycles. The topological polar surface area (TPSA) is 112 Å². The average molecular weight is 547 g/mol. The van der Waals surface area contributed by atoms with Crippen molar-refractivity contribution in [3.05, 3.63) is 70.1 Å². The van der Waals surface area contributed by atoms with Crippen molar-refractivity contribution < 1.29 is 22.7 Å². The third-order valence-corrected chi connectivity index (χ3v) is 6.22. The molecule has 0 spiro atoms. The first-order chi connectivity index (χ1) is 18.5. The van der Waals surface area contributed by atoms with E-state index in [1.54, 1.807) is 13.8 Å². The quantitative estimate of drug-likeness (QED) is 0.358. The molecule has 0 unspecified atom stereocenters. The lowest BCUT2D eigenvalue weighted by Gasteiger charge is -2.17. The molecule has 39 heavy (non-hydrogen) atoms. The highest BCUT2D eigenvalue weighted by Gasteiger charge is 2.32. The van der Waals surface area contributed by atoms with Gasteiger partial charge in [-0.3, -0.25) is 4.79 Å². The number of hydrogen-bond donors (Lipinski definition) is 3. The highest BCUT2D eigenvalue weighted by atomic mass is 19.4. The minimum absolute atomic E-state index is 0.119. The van der Waals surface area contributed by atoms with Crippen molar-refractivity contribution in [1.82, 2.24) is 25.2 Å². The first kappa shape index (κ1) is 29.6. The number of carbonyl (C=O) groups excluding carboxylic acids is 1. The van der Waals surface area contributed by atoms with Crippen LogP contribution in [0, 0.1) is 6.92 Å². The SMILES string of the molecule is C=C(/C=C\C(CCN1CCCC1)=C(/C)C(F)(F)F)NC(=O)Nc1cnc(-c2c[nH]c(=O)c(OCC)c2)nc1C. The van der Waals surface area contributed by atoms with E-state index in [1.807, 2.05) is 0 Å². The van der Waals surface area contributed by atoms with Gasteiger partial charge in [-0.2, -0.15) is 13.2 Å². The Morgan fingerprint density at radius 1 is 1.28 bits per heavy atom. The zero-order valence-corrected chi connectivity index (χ0v) is 22.2. The molecule has 0 radical (unpaired) electrons. The zero-order chi connectivity index (χ0) is 28.6. The number of aromatic nitrogens is 3. The largest absolute Gasteiger partial charge is 0.488 e. The van der Waals surface area contributed by atoms with Gasteiger partial charge in [0.2, 0.25) is 0 Å². The molecule has 1 aliphatic heterocycles. The summed E-state index contributed by atoms with van der Waals surface area (Å²) in [6.45, 7) is 10.9. The Hall–Kier alpha value is -3.93. The second kappa shape index (κ2) is 13.2. The van der Waals surface area contributed by atoms with Crippen molar-refractivity contribution in [2.75, 3.05) is 31.6 Å². The number of hydrogen-bond acceptors (Lipinski definition) is 6. The molecule has 3 rings (SSSR count). The molecule has 1 aliphatic rings. The van der Waals surface area contributed by atoms with Gasteiger partial charge in [0.05, 0.1) is 24.2 Å². The molecule has 3 heterocycles. The van der Waals surface area contributed by atoms with Gasteiger partial charge in [0.15, 0.2) is 11.6 Å². The molecular weight excluding hydrogens is 513 g/mol. The van der Waals surface area contributed by atoms with Gasteiger partial charge in [-0.15, -0.1) is 0 Å². The second-order valence-electron chi connectivity index (χ2n) is 9.09. The Bertz CT molecular complexity index is 1310. The van der Waals surface area contributed by atoms with Crippen molar-refractivity contribution >= 4 is 11.7 Å². The number of amides is 2. The van der Waals surface area contributed by atoms with E-state index in [0.717, 1.165) is 32.9 Å². The zero-order valence-electron chi connectivity index (χ0n) is 22.2. The smallest absolute Gasteiger partial charge is 0.412 e. The molecule has 2 aromatic heterocycles. The van der Waals surface area contributed by atoms with Gasteiger partial charge in [0.1, 0.15) is 0 Å². The van der Waals surface area contributed by atoms with E-state index in [0.29, 0.717) is 35.9 Å². The van der Waals surface area contributed by atoms with Crippen LogP contribution in [0.25, 0.3) is 11.4 Å². The summed E-state index contributed by atoms with van der Waals surface area (Å²) < 4.78 is 45.5. The van der Waals surface area contributed by atoms with Crippen LogP contribution in [0.5, 0.6) is 5.75 Å². The number of carbonyl (C=O) groups is 1. The van der Waals surface area contributed by atoms with Crippen molar-refractivity contribution in [3.63, 3.8) is 0 Å². The summed E-state index contributed by atoms with van der Waals surface area (Å²) in [6.07, 6.45) is 3.48. The number of nitrogens with zero attached hydrogens (tertiary/aromatic N) is 3. The fraction of sp³-hybridized carbons (Fsp3) is 0.407. The van der Waals surface area contributed by atoms with Crippen molar-refractivity contribution in [2.24, 2.45) is 0 Å².